The second kappa shape index (κ2) is 5.02. The van der Waals surface area contributed by atoms with Crippen LogP contribution in [0.5, 0.6) is 0 Å². The van der Waals surface area contributed by atoms with Gasteiger partial charge in [0.2, 0.25) is 11.8 Å². The Morgan fingerprint density at radius 2 is 1.73 bits per heavy atom. The van der Waals surface area contributed by atoms with Gasteiger partial charge in [-0.15, -0.1) is 0 Å². The van der Waals surface area contributed by atoms with E-state index in [1.165, 1.54) is 11.9 Å². The Morgan fingerprint density at radius 1 is 1.18 bits per heavy atom. The van der Waals surface area contributed by atoms with Gasteiger partial charge in [0.25, 0.3) is 0 Å². The number of rotatable bonds is 1. The fraction of sp³-hybridized carbons (Fsp3) is 0.833. The Balaban J connectivity index is 2.17. The summed E-state index contributed by atoms with van der Waals surface area (Å²) < 4.78 is 77.6. The number of carbonyl (C=O) groups excluding carboxylic acids is 2. The molecule has 2 aliphatic heterocycles. The number of hydrogen-bond acceptors (Lipinski definition) is 2. The largest absolute Gasteiger partial charge is 0.404 e. The van der Waals surface area contributed by atoms with Crippen LogP contribution in [0.2, 0.25) is 0 Å². The Kier molecular flexibility index (Phi) is 3.85. The highest BCUT2D eigenvalue weighted by Gasteiger charge is 2.73. The van der Waals surface area contributed by atoms with E-state index in [0.29, 0.717) is 4.90 Å². The van der Waals surface area contributed by atoms with Crippen molar-refractivity contribution in [2.24, 2.45) is 11.3 Å². The molecule has 0 radical (unpaired) electrons. The van der Waals surface area contributed by atoms with E-state index in [9.17, 15) is 35.9 Å². The third kappa shape index (κ3) is 2.52. The molecular formula is C12H14F6N2O2. The monoisotopic (exact) mass is 332 g/mol. The summed E-state index contributed by atoms with van der Waals surface area (Å²) in [4.78, 5) is 25.3. The quantitative estimate of drug-likeness (QED) is 0.687. The van der Waals surface area contributed by atoms with Gasteiger partial charge in [-0.05, 0) is 6.42 Å². The zero-order valence-corrected chi connectivity index (χ0v) is 11.6. The molecule has 2 aliphatic rings. The van der Waals surface area contributed by atoms with E-state index in [-0.39, 0.29) is 18.9 Å². The Bertz CT molecular complexity index is 473. The van der Waals surface area contributed by atoms with Gasteiger partial charge in [0.05, 0.1) is 5.92 Å². The summed E-state index contributed by atoms with van der Waals surface area (Å²) in [5.74, 6) is -2.06. The van der Waals surface area contributed by atoms with Gasteiger partial charge in [-0.1, -0.05) is 0 Å². The van der Waals surface area contributed by atoms with Crippen molar-refractivity contribution in [1.29, 1.82) is 0 Å². The van der Waals surface area contributed by atoms with Crippen molar-refractivity contribution in [3.05, 3.63) is 0 Å². The van der Waals surface area contributed by atoms with Crippen LogP contribution < -0.4 is 0 Å². The van der Waals surface area contributed by atoms with Crippen LogP contribution in [-0.2, 0) is 9.59 Å². The van der Waals surface area contributed by atoms with Gasteiger partial charge in [-0.2, -0.15) is 26.3 Å². The topological polar surface area (TPSA) is 40.6 Å². The molecule has 0 N–H and O–H groups in total. The third-order valence-electron chi connectivity index (χ3n) is 4.36. The summed E-state index contributed by atoms with van der Waals surface area (Å²) in [5.41, 5.74) is -3.88. The SMILES string of the molecule is CN1C[C@@H](C(=O)N2CCC(C(F)(F)F)(C(F)(F)F)C2)CC1=O. The summed E-state index contributed by atoms with van der Waals surface area (Å²) >= 11 is 0. The van der Waals surface area contributed by atoms with Crippen molar-refractivity contribution >= 4 is 11.8 Å². The van der Waals surface area contributed by atoms with Crippen molar-refractivity contribution in [3.8, 4) is 0 Å². The number of carbonyl (C=O) groups is 2. The van der Waals surface area contributed by atoms with Crippen LogP contribution in [0.4, 0.5) is 26.3 Å². The van der Waals surface area contributed by atoms with Gasteiger partial charge in [0.1, 0.15) is 0 Å². The van der Waals surface area contributed by atoms with Gasteiger partial charge in [0, 0.05) is 33.1 Å². The average Bonchev–Trinajstić information content (AvgIpc) is 2.93. The molecule has 2 amide bonds. The van der Waals surface area contributed by atoms with Crippen LogP contribution in [-0.4, -0.2) is 60.6 Å². The Hall–Kier alpha value is -1.48. The number of amides is 2. The van der Waals surface area contributed by atoms with E-state index in [0.717, 1.165) is 0 Å². The van der Waals surface area contributed by atoms with Crippen molar-refractivity contribution < 1.29 is 35.9 Å². The fourth-order valence-electron chi connectivity index (χ4n) is 2.91. The van der Waals surface area contributed by atoms with Gasteiger partial charge >= 0.3 is 12.4 Å². The highest BCUT2D eigenvalue weighted by Crippen LogP contribution is 2.55. The molecule has 2 rings (SSSR count). The molecule has 0 spiro atoms. The molecule has 2 heterocycles. The van der Waals surface area contributed by atoms with Gasteiger partial charge in [-0.25, -0.2) is 0 Å². The second-order valence-corrected chi connectivity index (χ2v) is 5.76. The summed E-state index contributed by atoms with van der Waals surface area (Å²) in [6.45, 7) is -2.04. The Morgan fingerprint density at radius 3 is 2.09 bits per heavy atom. The number of hydrogen-bond donors (Lipinski definition) is 0. The molecule has 2 fully saturated rings. The van der Waals surface area contributed by atoms with Gasteiger partial charge in [0.15, 0.2) is 5.41 Å². The van der Waals surface area contributed by atoms with E-state index in [1.54, 1.807) is 0 Å². The van der Waals surface area contributed by atoms with Crippen LogP contribution in [0, 0.1) is 11.3 Å². The Labute approximate surface area is 122 Å². The molecule has 0 aromatic carbocycles. The minimum Gasteiger partial charge on any atom is -0.345 e. The highest BCUT2D eigenvalue weighted by molar-refractivity contribution is 5.89. The molecule has 2 saturated heterocycles. The smallest absolute Gasteiger partial charge is 0.345 e. The highest BCUT2D eigenvalue weighted by atomic mass is 19.4. The zero-order chi connectivity index (χ0) is 16.9. The number of likely N-dealkylation sites (tertiary alicyclic amines) is 2. The predicted octanol–water partition coefficient (Wildman–Crippen LogP) is 1.81. The first-order valence-corrected chi connectivity index (χ1v) is 6.55. The van der Waals surface area contributed by atoms with E-state index in [1.807, 2.05) is 0 Å². The first kappa shape index (κ1) is 16.9. The lowest BCUT2D eigenvalue weighted by Crippen LogP contribution is -2.52. The van der Waals surface area contributed by atoms with E-state index in [4.69, 9.17) is 0 Å². The first-order chi connectivity index (χ1) is 9.89. The summed E-state index contributed by atoms with van der Waals surface area (Å²) in [6.07, 6.45) is -12.4. The van der Waals surface area contributed by atoms with Crippen molar-refractivity contribution in [3.63, 3.8) is 0 Å². The maximum absolute atomic E-state index is 12.9. The second-order valence-electron chi connectivity index (χ2n) is 5.76. The molecule has 126 valence electrons. The molecule has 22 heavy (non-hydrogen) atoms. The molecule has 0 bridgehead atoms. The summed E-state index contributed by atoms with van der Waals surface area (Å²) in [6, 6.07) is 0. The van der Waals surface area contributed by atoms with Gasteiger partial charge in [-0.3, -0.25) is 9.59 Å². The normalized spacial score (nSPS) is 26.0. The molecule has 0 aromatic heterocycles. The molecule has 0 aromatic rings. The average molecular weight is 332 g/mol. The molecule has 0 aliphatic carbocycles. The molecule has 0 unspecified atom stereocenters. The lowest BCUT2D eigenvalue weighted by molar-refractivity contribution is -0.334. The first-order valence-electron chi connectivity index (χ1n) is 6.55. The predicted molar refractivity (Wildman–Crippen MR) is 61.5 cm³/mol. The van der Waals surface area contributed by atoms with Gasteiger partial charge < -0.3 is 9.80 Å². The van der Waals surface area contributed by atoms with Crippen molar-refractivity contribution in [1.82, 2.24) is 9.80 Å². The number of nitrogens with zero attached hydrogens (tertiary/aromatic N) is 2. The standard InChI is InChI=1S/C12H14F6N2O2/c1-19-5-7(4-8(19)21)9(22)20-3-2-10(6-20,11(13,14)15)12(16,17)18/h7H,2-6H2,1H3/t7-/m0/s1. The molecule has 0 saturated carbocycles. The molecular weight excluding hydrogens is 318 g/mol. The third-order valence-corrected chi connectivity index (χ3v) is 4.36. The van der Waals surface area contributed by atoms with E-state index < -0.39 is 49.1 Å². The minimum atomic E-state index is -5.48. The number of halogens is 6. The van der Waals surface area contributed by atoms with Crippen LogP contribution in [0.25, 0.3) is 0 Å². The molecule has 10 heteroatoms. The fourth-order valence-corrected chi connectivity index (χ4v) is 2.91. The minimum absolute atomic E-state index is 0.0131. The maximum atomic E-state index is 12.9. The van der Waals surface area contributed by atoms with Crippen LogP contribution in [0.15, 0.2) is 0 Å². The zero-order valence-electron chi connectivity index (χ0n) is 11.6. The molecule has 4 nitrogen and oxygen atoms in total. The van der Waals surface area contributed by atoms with Crippen LogP contribution in [0.1, 0.15) is 12.8 Å². The summed E-state index contributed by atoms with van der Waals surface area (Å²) in [7, 11) is 1.43. The van der Waals surface area contributed by atoms with Crippen molar-refractivity contribution in [2.75, 3.05) is 26.7 Å². The van der Waals surface area contributed by atoms with Crippen LogP contribution >= 0.6 is 0 Å². The number of alkyl halides is 6. The van der Waals surface area contributed by atoms with Crippen LogP contribution in [0.3, 0.4) is 0 Å². The lowest BCUT2D eigenvalue weighted by atomic mass is 9.85. The maximum Gasteiger partial charge on any atom is 0.404 e. The van der Waals surface area contributed by atoms with E-state index in [2.05, 4.69) is 0 Å². The van der Waals surface area contributed by atoms with E-state index >= 15 is 0 Å². The lowest BCUT2D eigenvalue weighted by Gasteiger charge is -2.33. The van der Waals surface area contributed by atoms with Crippen molar-refractivity contribution in [2.45, 2.75) is 25.2 Å². The summed E-state index contributed by atoms with van der Waals surface area (Å²) in [5, 5.41) is 0. The molecule has 1 atom stereocenters.